The molecule has 110 valence electrons. The number of hydrogen-bond donors (Lipinski definition) is 1. The molecule has 2 nitrogen and oxygen atoms in total. The van der Waals surface area contributed by atoms with Crippen molar-refractivity contribution in [3.05, 3.63) is 34.9 Å². The summed E-state index contributed by atoms with van der Waals surface area (Å²) in [7, 11) is 0. The van der Waals surface area contributed by atoms with E-state index in [4.69, 9.17) is 11.6 Å². The van der Waals surface area contributed by atoms with Gasteiger partial charge in [0.25, 0.3) is 0 Å². The van der Waals surface area contributed by atoms with Gasteiger partial charge in [0, 0.05) is 5.02 Å². The second-order valence-corrected chi connectivity index (χ2v) is 6.69. The Bertz CT molecular complexity index is 482. The van der Waals surface area contributed by atoms with E-state index in [0.717, 1.165) is 44.1 Å². The van der Waals surface area contributed by atoms with Crippen LogP contribution >= 0.6 is 11.6 Å². The minimum atomic E-state index is -0.727. The van der Waals surface area contributed by atoms with E-state index < -0.39 is 11.4 Å². The van der Waals surface area contributed by atoms with Crippen molar-refractivity contribution < 1.29 is 9.90 Å². The van der Waals surface area contributed by atoms with Crippen molar-refractivity contribution in [2.24, 2.45) is 5.41 Å². The molecule has 0 aliphatic heterocycles. The molecule has 20 heavy (non-hydrogen) atoms. The van der Waals surface area contributed by atoms with Gasteiger partial charge in [0.15, 0.2) is 0 Å². The van der Waals surface area contributed by atoms with Gasteiger partial charge in [0.1, 0.15) is 0 Å². The number of carboxylic acids is 1. The molecule has 0 atom stereocenters. The first-order chi connectivity index (χ1) is 9.48. The topological polar surface area (TPSA) is 37.3 Å². The van der Waals surface area contributed by atoms with Gasteiger partial charge >= 0.3 is 5.97 Å². The van der Waals surface area contributed by atoms with Crippen molar-refractivity contribution in [3.8, 4) is 0 Å². The van der Waals surface area contributed by atoms with Gasteiger partial charge in [-0.25, -0.2) is 0 Å². The van der Waals surface area contributed by atoms with E-state index in [9.17, 15) is 9.90 Å². The maximum atomic E-state index is 11.9. The predicted octanol–water partition coefficient (Wildman–Crippen LogP) is 5.04. The van der Waals surface area contributed by atoms with Crippen molar-refractivity contribution in [2.45, 2.75) is 57.8 Å². The van der Waals surface area contributed by atoms with Crippen molar-refractivity contribution in [1.82, 2.24) is 0 Å². The van der Waals surface area contributed by atoms with E-state index in [1.54, 1.807) is 6.07 Å². The van der Waals surface area contributed by atoms with Gasteiger partial charge in [-0.1, -0.05) is 50.4 Å². The number of carbonyl (C=O) groups is 1. The monoisotopic (exact) mass is 294 g/mol. The molecule has 1 fully saturated rings. The standard InChI is InChI=1S/C17H23ClO2/c1-3-8-16(9-4-2)11-17(12-16,15(19)20)13-6-5-7-14(18)10-13/h5-7,10H,3-4,8-9,11-12H2,1-2H3,(H,19,20). The number of aliphatic carboxylic acids is 1. The van der Waals surface area contributed by atoms with E-state index >= 15 is 0 Å². The van der Waals surface area contributed by atoms with Crippen molar-refractivity contribution in [2.75, 3.05) is 0 Å². The highest BCUT2D eigenvalue weighted by atomic mass is 35.5. The van der Waals surface area contributed by atoms with Crippen LogP contribution in [-0.4, -0.2) is 11.1 Å². The molecule has 0 radical (unpaired) electrons. The lowest BCUT2D eigenvalue weighted by molar-refractivity contribution is -0.155. The highest BCUT2D eigenvalue weighted by molar-refractivity contribution is 6.30. The van der Waals surface area contributed by atoms with Gasteiger partial charge < -0.3 is 5.11 Å². The quantitative estimate of drug-likeness (QED) is 0.798. The summed E-state index contributed by atoms with van der Waals surface area (Å²) >= 11 is 6.04. The lowest BCUT2D eigenvalue weighted by atomic mass is 9.48. The fraction of sp³-hybridized carbons (Fsp3) is 0.588. The predicted molar refractivity (Wildman–Crippen MR) is 82.2 cm³/mol. The van der Waals surface area contributed by atoms with E-state index in [0.29, 0.717) is 5.02 Å². The molecule has 1 saturated carbocycles. The molecule has 1 aliphatic carbocycles. The maximum Gasteiger partial charge on any atom is 0.314 e. The zero-order valence-corrected chi connectivity index (χ0v) is 13.0. The highest BCUT2D eigenvalue weighted by Gasteiger charge is 2.58. The molecule has 0 saturated heterocycles. The van der Waals surface area contributed by atoms with Crippen LogP contribution in [0, 0.1) is 5.41 Å². The number of hydrogen-bond acceptors (Lipinski definition) is 1. The second-order valence-electron chi connectivity index (χ2n) is 6.25. The first-order valence-electron chi connectivity index (χ1n) is 7.47. The number of halogens is 1. The summed E-state index contributed by atoms with van der Waals surface area (Å²) in [6.45, 7) is 4.36. The average Bonchev–Trinajstić information content (AvgIpc) is 2.35. The highest BCUT2D eigenvalue weighted by Crippen LogP contribution is 2.60. The maximum absolute atomic E-state index is 11.9. The minimum Gasteiger partial charge on any atom is -0.481 e. The molecule has 1 aliphatic rings. The lowest BCUT2D eigenvalue weighted by Gasteiger charge is -2.55. The Hall–Kier alpha value is -1.02. The zero-order valence-electron chi connectivity index (χ0n) is 12.3. The number of rotatable bonds is 6. The van der Waals surface area contributed by atoms with Gasteiger partial charge in [-0.2, -0.15) is 0 Å². The van der Waals surface area contributed by atoms with Crippen LogP contribution in [0.25, 0.3) is 0 Å². The molecule has 0 heterocycles. The molecule has 1 aromatic carbocycles. The summed E-state index contributed by atoms with van der Waals surface area (Å²) in [5.74, 6) is -0.706. The molecule has 3 heteroatoms. The van der Waals surface area contributed by atoms with Crippen LogP contribution in [0.5, 0.6) is 0 Å². The molecule has 0 unspecified atom stereocenters. The largest absolute Gasteiger partial charge is 0.481 e. The Morgan fingerprint density at radius 2 is 1.85 bits per heavy atom. The third-order valence-electron chi connectivity index (χ3n) is 4.70. The summed E-state index contributed by atoms with van der Waals surface area (Å²) in [5.41, 5.74) is 0.347. The molecule has 0 aromatic heterocycles. The Balaban J connectivity index is 2.30. The minimum absolute atomic E-state index is 0.213. The van der Waals surface area contributed by atoms with Crippen LogP contribution in [0.15, 0.2) is 24.3 Å². The molecular weight excluding hydrogens is 272 g/mol. The third kappa shape index (κ3) is 2.58. The van der Waals surface area contributed by atoms with Crippen molar-refractivity contribution in [1.29, 1.82) is 0 Å². The molecule has 0 bridgehead atoms. The summed E-state index contributed by atoms with van der Waals surface area (Å²) in [6, 6.07) is 7.37. The fourth-order valence-electron chi connectivity index (χ4n) is 4.03. The molecule has 1 aromatic rings. The Labute approximate surface area is 126 Å². The lowest BCUT2D eigenvalue weighted by Crippen LogP contribution is -2.54. The number of carboxylic acid groups (broad SMARTS) is 1. The van der Waals surface area contributed by atoms with Gasteiger partial charge in [-0.05, 0) is 48.8 Å². The fourth-order valence-corrected chi connectivity index (χ4v) is 4.22. The van der Waals surface area contributed by atoms with Gasteiger partial charge in [0.2, 0.25) is 0 Å². The Morgan fingerprint density at radius 3 is 2.30 bits per heavy atom. The molecule has 0 amide bonds. The summed E-state index contributed by atoms with van der Waals surface area (Å²) in [6.07, 6.45) is 5.97. The molecule has 1 N–H and O–H groups in total. The van der Waals surface area contributed by atoms with E-state index in [1.807, 2.05) is 18.2 Å². The molecular formula is C17H23ClO2. The van der Waals surface area contributed by atoms with E-state index in [-0.39, 0.29) is 5.41 Å². The SMILES string of the molecule is CCCC1(CCC)CC(C(=O)O)(c2cccc(Cl)c2)C1. The van der Waals surface area contributed by atoms with Gasteiger partial charge in [0.05, 0.1) is 5.41 Å². The van der Waals surface area contributed by atoms with Crippen LogP contribution < -0.4 is 0 Å². The van der Waals surface area contributed by atoms with Gasteiger partial charge in [-0.3, -0.25) is 4.79 Å². The van der Waals surface area contributed by atoms with Crippen molar-refractivity contribution in [3.63, 3.8) is 0 Å². The van der Waals surface area contributed by atoms with E-state index in [2.05, 4.69) is 13.8 Å². The van der Waals surface area contributed by atoms with Crippen LogP contribution in [0.1, 0.15) is 57.9 Å². The average molecular weight is 295 g/mol. The Kier molecular flexibility index (Phi) is 4.43. The first kappa shape index (κ1) is 15.4. The van der Waals surface area contributed by atoms with Crippen LogP contribution in [0.4, 0.5) is 0 Å². The second kappa shape index (κ2) is 5.77. The number of benzene rings is 1. The van der Waals surface area contributed by atoms with Crippen LogP contribution in [0.2, 0.25) is 5.02 Å². The van der Waals surface area contributed by atoms with E-state index in [1.165, 1.54) is 0 Å². The Morgan fingerprint density at radius 1 is 1.25 bits per heavy atom. The van der Waals surface area contributed by atoms with Crippen molar-refractivity contribution >= 4 is 17.6 Å². The smallest absolute Gasteiger partial charge is 0.314 e. The molecule has 0 spiro atoms. The summed E-state index contributed by atoms with van der Waals surface area (Å²) in [4.78, 5) is 11.9. The third-order valence-corrected chi connectivity index (χ3v) is 4.94. The first-order valence-corrected chi connectivity index (χ1v) is 7.85. The molecule has 2 rings (SSSR count). The normalized spacial score (nSPS) is 19.4. The summed E-state index contributed by atoms with van der Waals surface area (Å²) in [5, 5.41) is 10.4. The van der Waals surface area contributed by atoms with Gasteiger partial charge in [-0.15, -0.1) is 0 Å². The summed E-state index contributed by atoms with van der Waals surface area (Å²) < 4.78 is 0. The van der Waals surface area contributed by atoms with Crippen LogP contribution in [0.3, 0.4) is 0 Å². The van der Waals surface area contributed by atoms with Crippen LogP contribution in [-0.2, 0) is 10.2 Å². The zero-order chi connectivity index (χ0) is 14.8.